The number of nitrogens with zero attached hydrogens (tertiary/aromatic N) is 2. The van der Waals surface area contributed by atoms with E-state index in [0.717, 1.165) is 5.69 Å². The molecular weight excluding hydrogens is 828 g/mol. The van der Waals surface area contributed by atoms with Crippen molar-refractivity contribution in [1.29, 1.82) is 0 Å². The molecule has 2 nitrogen and oxygen atoms in total. The Hall–Kier alpha value is -6.62. The lowest BCUT2D eigenvalue weighted by Crippen LogP contribution is -2.61. The predicted octanol–water partition coefficient (Wildman–Crippen LogP) is 15.7. The Morgan fingerprint density at radius 2 is 0.925 bits per heavy atom. The molecule has 0 atom stereocenters. The minimum Gasteiger partial charge on any atom is -0.311 e. The third kappa shape index (κ3) is 7.51. The molecule has 3 heterocycles. The summed E-state index contributed by atoms with van der Waals surface area (Å²) < 4.78 is 1.31. The maximum atomic E-state index is 2.56. The highest BCUT2D eigenvalue weighted by Gasteiger charge is 2.45. The van der Waals surface area contributed by atoms with Gasteiger partial charge in [0.2, 0.25) is 0 Å². The van der Waals surface area contributed by atoms with Crippen molar-refractivity contribution in [2.24, 2.45) is 0 Å². The number of para-hydroxylation sites is 1. The summed E-state index contributed by atoms with van der Waals surface area (Å²) in [5, 5.41) is 2.61. The van der Waals surface area contributed by atoms with E-state index in [-0.39, 0.29) is 28.9 Å². The van der Waals surface area contributed by atoms with Gasteiger partial charge in [-0.3, -0.25) is 0 Å². The van der Waals surface area contributed by atoms with Gasteiger partial charge in [-0.25, -0.2) is 0 Å². The van der Waals surface area contributed by atoms with Crippen LogP contribution >= 0.6 is 11.3 Å². The fourth-order valence-electron chi connectivity index (χ4n) is 10.6. The van der Waals surface area contributed by atoms with Crippen LogP contribution in [0.5, 0.6) is 0 Å². The number of anilines is 6. The van der Waals surface area contributed by atoms with Gasteiger partial charge in [0.25, 0.3) is 6.71 Å². The van der Waals surface area contributed by atoms with Gasteiger partial charge in [0.15, 0.2) is 0 Å². The van der Waals surface area contributed by atoms with Gasteiger partial charge in [-0.1, -0.05) is 202 Å². The Kier molecular flexibility index (Phi) is 10.3. The molecule has 0 spiro atoms. The van der Waals surface area contributed by atoms with Gasteiger partial charge in [-0.15, -0.1) is 11.3 Å². The minimum absolute atomic E-state index is 0.0290. The number of benzene rings is 8. The molecule has 2 aliphatic heterocycles. The van der Waals surface area contributed by atoms with E-state index in [0.29, 0.717) is 0 Å². The molecule has 9 aromatic rings. The molecule has 4 heteroatoms. The monoisotopic (exact) mass is 886 g/mol. The third-order valence-electron chi connectivity index (χ3n) is 14.3. The molecule has 0 aliphatic carbocycles. The summed E-state index contributed by atoms with van der Waals surface area (Å²) in [6, 6.07) is 71.6. The quantitative estimate of drug-likeness (QED) is 0.121. The smallest absolute Gasteiger partial charge is 0.254 e. The highest BCUT2D eigenvalue weighted by molar-refractivity contribution is 7.26. The van der Waals surface area contributed by atoms with Gasteiger partial charge in [-0.05, 0) is 131 Å². The Bertz CT molecular complexity index is 3230. The number of hydrogen-bond donors (Lipinski definition) is 0. The fraction of sp³-hybridized carbons (Fsp3) is 0.206. The van der Waals surface area contributed by atoms with Crippen molar-refractivity contribution in [3.05, 3.63) is 221 Å². The zero-order valence-electron chi connectivity index (χ0n) is 40.4. The van der Waals surface area contributed by atoms with Crippen LogP contribution in [0.3, 0.4) is 0 Å². The van der Waals surface area contributed by atoms with Crippen molar-refractivity contribution >= 4 is 78.0 Å². The van der Waals surface area contributed by atoms with E-state index in [9.17, 15) is 0 Å². The van der Waals surface area contributed by atoms with Crippen LogP contribution in [0.25, 0.3) is 21.2 Å². The zero-order chi connectivity index (χ0) is 46.4. The Morgan fingerprint density at radius 1 is 0.403 bits per heavy atom. The lowest BCUT2D eigenvalue weighted by Gasteiger charge is -2.43. The molecule has 330 valence electrons. The average molecular weight is 887 g/mol. The first-order valence-corrected chi connectivity index (χ1v) is 24.8. The molecule has 0 saturated heterocycles. The Morgan fingerprint density at radius 3 is 1.54 bits per heavy atom. The first-order valence-electron chi connectivity index (χ1n) is 24.0. The number of rotatable bonds is 6. The largest absolute Gasteiger partial charge is 0.311 e. The van der Waals surface area contributed by atoms with Crippen LogP contribution in [0.4, 0.5) is 33.4 Å². The molecule has 8 aromatic carbocycles. The molecule has 0 amide bonds. The Labute approximate surface area is 402 Å². The average Bonchev–Trinajstić information content (AvgIpc) is 3.70. The van der Waals surface area contributed by atoms with E-state index < -0.39 is 0 Å². The van der Waals surface area contributed by atoms with Crippen molar-refractivity contribution in [3.8, 4) is 11.1 Å². The van der Waals surface area contributed by atoms with Crippen molar-refractivity contribution in [2.45, 2.75) is 84.5 Å². The van der Waals surface area contributed by atoms with Crippen molar-refractivity contribution in [3.63, 3.8) is 0 Å². The maximum Gasteiger partial charge on any atom is 0.254 e. The maximum absolute atomic E-state index is 2.56. The molecule has 0 unspecified atom stereocenters. The van der Waals surface area contributed by atoms with Crippen LogP contribution in [-0.2, 0) is 16.2 Å². The summed E-state index contributed by atoms with van der Waals surface area (Å²) in [6.45, 7) is 20.7. The molecule has 0 fully saturated rings. The number of thiophene rings is 1. The molecule has 0 N–H and O–H groups in total. The van der Waals surface area contributed by atoms with Crippen molar-refractivity contribution in [2.75, 3.05) is 9.80 Å². The van der Waals surface area contributed by atoms with E-state index in [1.165, 1.54) is 98.7 Å². The topological polar surface area (TPSA) is 6.48 Å². The summed E-state index contributed by atoms with van der Waals surface area (Å²) in [6.07, 6.45) is 0. The second-order valence-corrected chi connectivity index (χ2v) is 22.9. The summed E-state index contributed by atoms with van der Waals surface area (Å²) >= 11 is 1.91. The van der Waals surface area contributed by atoms with Gasteiger partial charge in [0, 0.05) is 39.1 Å². The molecule has 67 heavy (non-hydrogen) atoms. The molecule has 0 saturated carbocycles. The minimum atomic E-state index is 0.0290. The normalized spacial score (nSPS) is 13.5. The van der Waals surface area contributed by atoms with E-state index in [4.69, 9.17) is 0 Å². The molecule has 2 aliphatic rings. The van der Waals surface area contributed by atoms with E-state index in [1.807, 2.05) is 11.3 Å². The number of hydrogen-bond acceptors (Lipinski definition) is 3. The Balaban J connectivity index is 1.12. The molecule has 1 aromatic heterocycles. The van der Waals surface area contributed by atoms with Crippen LogP contribution in [0, 0.1) is 0 Å². The van der Waals surface area contributed by atoms with Gasteiger partial charge in [0.05, 0.1) is 5.00 Å². The molecular formula is C63H59BN2S. The third-order valence-corrected chi connectivity index (χ3v) is 15.5. The SMILES string of the molecule is CC(C)(C)c1ccc(-c2cccc(N3c4cccc5c4B(c4ccc(C(c6ccc(C(C)(C)C)cc6)c6ccc(C(C)(C)C)cc6)cc4N5c4ccccc4)c4c3sc3ccccc43)c2)cc1. The van der Waals surface area contributed by atoms with Gasteiger partial charge in [0.1, 0.15) is 0 Å². The second kappa shape index (κ2) is 16.0. The predicted molar refractivity (Wildman–Crippen MR) is 291 cm³/mol. The van der Waals surface area contributed by atoms with Crippen molar-refractivity contribution in [1.82, 2.24) is 0 Å². The fourth-order valence-corrected chi connectivity index (χ4v) is 11.9. The van der Waals surface area contributed by atoms with Crippen LogP contribution in [0.1, 0.15) is 102 Å². The van der Waals surface area contributed by atoms with E-state index in [2.05, 4.69) is 260 Å². The standard InChI is InChI=1S/C63H59BN2S/c1-61(2,3)46-32-25-41(26-33-46)44-17-15-20-50(39-44)66-54-23-16-22-53-59(54)64(58-51-21-13-14-24-56(51)67-60(58)66)52-38-31-45(40-55(52)65(53)49-18-11-10-12-19-49)57(42-27-34-47(35-28-42)62(4,5)6)43-29-36-48(37-30-43)63(7,8)9/h10-40,57H,1-9H3. The number of fused-ring (bicyclic) bond motifs is 6. The van der Waals surface area contributed by atoms with Crippen LogP contribution < -0.4 is 26.2 Å². The van der Waals surface area contributed by atoms with Gasteiger partial charge >= 0.3 is 0 Å². The summed E-state index contributed by atoms with van der Waals surface area (Å²) in [4.78, 5) is 5.10. The lowest BCUT2D eigenvalue weighted by molar-refractivity contribution is 0.589. The first kappa shape index (κ1) is 43.0. The van der Waals surface area contributed by atoms with Crippen LogP contribution in [-0.4, -0.2) is 6.71 Å². The van der Waals surface area contributed by atoms with Gasteiger partial charge in [-0.2, -0.15) is 0 Å². The van der Waals surface area contributed by atoms with Crippen molar-refractivity contribution < 1.29 is 0 Å². The van der Waals surface area contributed by atoms with Crippen LogP contribution in [0.15, 0.2) is 188 Å². The summed E-state index contributed by atoms with van der Waals surface area (Å²) in [5.41, 5.74) is 20.7. The highest BCUT2D eigenvalue weighted by Crippen LogP contribution is 2.49. The second-order valence-electron chi connectivity index (χ2n) is 21.8. The summed E-state index contributed by atoms with van der Waals surface area (Å²) in [7, 11) is 0. The van der Waals surface area contributed by atoms with E-state index in [1.54, 1.807) is 0 Å². The highest BCUT2D eigenvalue weighted by atomic mass is 32.1. The summed E-state index contributed by atoms with van der Waals surface area (Å²) in [5.74, 6) is 0.0371. The molecule has 0 radical (unpaired) electrons. The molecule has 0 bridgehead atoms. The van der Waals surface area contributed by atoms with E-state index >= 15 is 0 Å². The van der Waals surface area contributed by atoms with Crippen LogP contribution in [0.2, 0.25) is 0 Å². The zero-order valence-corrected chi connectivity index (χ0v) is 41.2. The van der Waals surface area contributed by atoms with Gasteiger partial charge < -0.3 is 9.80 Å². The molecule has 11 rings (SSSR count). The lowest BCUT2D eigenvalue weighted by atomic mass is 9.33. The first-order chi connectivity index (χ1) is 32.1.